The van der Waals surface area contributed by atoms with E-state index in [4.69, 9.17) is 0 Å². The van der Waals surface area contributed by atoms with Gasteiger partial charge in [-0.05, 0) is 0 Å². The van der Waals surface area contributed by atoms with E-state index in [1.165, 1.54) is 134 Å². The van der Waals surface area contributed by atoms with E-state index in [1.54, 1.807) is 8.03 Å². The van der Waals surface area contributed by atoms with Gasteiger partial charge >= 0.3 is 264 Å². The maximum Gasteiger partial charge on any atom is -1.00 e. The average Bonchev–Trinajstić information content (AvgIpc) is 3.73. The third-order valence-corrected chi connectivity index (χ3v) is 15.0. The zero-order valence-corrected chi connectivity index (χ0v) is 30.4. The molecule has 0 unspecified atom stereocenters. The van der Waals surface area contributed by atoms with Crippen molar-refractivity contribution in [2.75, 3.05) is 0 Å². The molecule has 0 amide bonds. The Hall–Kier alpha value is -1.51. The standard InChI is InChI=1S/2C15H24N2.C8H6.2ClH.Ru/c2*1-3-7-14(8-4-1)16-11-12-17(13-16)15-9-5-2-6-10-15;1-2-8-6-4-3-5-7-8;;;/h2*11-12,14-15H,1-10H2;2-7H;2*1H;/q;;;;;+2/p-2. The molecule has 2 heterocycles. The molecule has 0 atom stereocenters. The first-order chi connectivity index (χ1) is 21.4. The first-order valence-corrected chi connectivity index (χ1v) is 20.5. The SMILES string of the molecule is [C](=Cc1ccccc1)=[Ru+2](=[c]1n(C2CCCCC2)ccn1C1CCCCC1)=[c]1n(C2CCCCC2)ccn1C1CCCCC1.[Cl-].[Cl-]. The first-order valence-electron chi connectivity index (χ1n) is 17.9. The van der Waals surface area contributed by atoms with Crippen LogP contribution in [0.15, 0.2) is 55.1 Å². The molecule has 0 radical (unpaired) electrons. The average molecular weight is 739 g/mol. The molecule has 7 rings (SSSR count). The smallest absolute Gasteiger partial charge is 1.00 e. The zero-order chi connectivity index (χ0) is 28.8. The number of imidazole rings is 2. The summed E-state index contributed by atoms with van der Waals surface area (Å²) in [6, 6.07) is 13.6. The Morgan fingerprint density at radius 1 is 0.467 bits per heavy atom. The van der Waals surface area contributed by atoms with Crippen molar-refractivity contribution in [1.82, 2.24) is 18.3 Å². The molecule has 0 N–H and O–H groups in total. The van der Waals surface area contributed by atoms with Gasteiger partial charge < -0.3 is 24.8 Å². The molecule has 0 aliphatic heterocycles. The molecule has 0 bridgehead atoms. The van der Waals surface area contributed by atoms with Gasteiger partial charge in [0.05, 0.1) is 0 Å². The fourth-order valence-electron chi connectivity index (χ4n) is 8.49. The summed E-state index contributed by atoms with van der Waals surface area (Å²) in [7, 11) is 0. The van der Waals surface area contributed by atoms with Crippen LogP contribution in [-0.2, 0) is 14.6 Å². The van der Waals surface area contributed by atoms with Gasteiger partial charge in [0.2, 0.25) is 0 Å². The normalized spacial score (nSPS) is 20.5. The molecule has 0 spiro atoms. The molecule has 1 aromatic carbocycles. The van der Waals surface area contributed by atoms with Gasteiger partial charge in [-0.15, -0.1) is 0 Å². The minimum atomic E-state index is -1.98. The largest absolute Gasteiger partial charge is 1.00 e. The molecule has 2 aromatic heterocycles. The van der Waals surface area contributed by atoms with Crippen molar-refractivity contribution in [2.24, 2.45) is 0 Å². The Morgan fingerprint density at radius 2 is 0.778 bits per heavy atom. The summed E-state index contributed by atoms with van der Waals surface area (Å²) in [5.74, 6) is 0. The Bertz CT molecular complexity index is 1440. The summed E-state index contributed by atoms with van der Waals surface area (Å²) in [5, 5.41) is 0. The van der Waals surface area contributed by atoms with Crippen LogP contribution in [0.2, 0.25) is 0 Å². The second-order valence-corrected chi connectivity index (χ2v) is 17.2. The van der Waals surface area contributed by atoms with Crippen molar-refractivity contribution >= 4 is 10.3 Å². The van der Waals surface area contributed by atoms with Gasteiger partial charge in [0.25, 0.3) is 0 Å². The van der Waals surface area contributed by atoms with E-state index < -0.39 is 14.6 Å². The summed E-state index contributed by atoms with van der Waals surface area (Å²) in [6.45, 7) is 0. The fourth-order valence-corrected chi connectivity index (χ4v) is 13.4. The minimum Gasteiger partial charge on any atom is -1.00 e. The predicted molar refractivity (Wildman–Crippen MR) is 176 cm³/mol. The van der Waals surface area contributed by atoms with Gasteiger partial charge in [-0.3, -0.25) is 0 Å². The van der Waals surface area contributed by atoms with Crippen LogP contribution in [0, 0.1) is 8.03 Å². The molecule has 4 nitrogen and oxygen atoms in total. The van der Waals surface area contributed by atoms with E-state index in [0.717, 1.165) is 0 Å². The van der Waals surface area contributed by atoms with Crippen LogP contribution >= 0.6 is 0 Å². The molecular weight excluding hydrogens is 684 g/mol. The second-order valence-electron chi connectivity index (χ2n) is 13.8. The number of benzene rings is 1. The number of hydrogen-bond donors (Lipinski definition) is 0. The van der Waals surface area contributed by atoms with Crippen molar-refractivity contribution in [3.63, 3.8) is 0 Å². The van der Waals surface area contributed by atoms with E-state index in [1.807, 2.05) is 0 Å². The summed E-state index contributed by atoms with van der Waals surface area (Å²) >= 11 is -1.98. The molecule has 0 saturated heterocycles. The van der Waals surface area contributed by atoms with Gasteiger partial charge in [-0.1, -0.05) is 0 Å². The number of rotatable bonds is 5. The maximum atomic E-state index is 4.29. The van der Waals surface area contributed by atoms with Crippen LogP contribution in [0.3, 0.4) is 0 Å². The Kier molecular flexibility index (Phi) is 13.2. The van der Waals surface area contributed by atoms with Gasteiger partial charge in [0, 0.05) is 0 Å². The van der Waals surface area contributed by atoms with E-state index in [2.05, 4.69) is 83.7 Å². The van der Waals surface area contributed by atoms with Gasteiger partial charge in [-0.25, -0.2) is 0 Å². The number of hydrogen-bond acceptors (Lipinski definition) is 0. The van der Waals surface area contributed by atoms with Crippen LogP contribution in [0.5, 0.6) is 0 Å². The van der Waals surface area contributed by atoms with E-state index in [9.17, 15) is 0 Å². The van der Waals surface area contributed by atoms with E-state index >= 15 is 0 Å². The summed E-state index contributed by atoms with van der Waals surface area (Å²) in [4.78, 5) is 0. The molecule has 3 aromatic rings. The number of nitrogens with zero attached hydrogens (tertiary/aromatic N) is 4. The van der Waals surface area contributed by atoms with Crippen molar-refractivity contribution in [3.05, 3.63) is 68.7 Å². The quantitative estimate of drug-likeness (QED) is 0.346. The third kappa shape index (κ3) is 7.97. The molecule has 4 aliphatic carbocycles. The summed E-state index contributed by atoms with van der Waals surface area (Å²) in [5.41, 5.74) is 1.29. The van der Waals surface area contributed by atoms with E-state index in [-0.39, 0.29) is 24.8 Å². The minimum absolute atomic E-state index is 0. The Labute approximate surface area is 287 Å². The molecule has 45 heavy (non-hydrogen) atoms. The maximum absolute atomic E-state index is 4.29. The fraction of sp³-hybridized carbons (Fsp3) is 0.632. The van der Waals surface area contributed by atoms with Gasteiger partial charge in [-0.2, -0.15) is 0 Å². The number of aromatic nitrogens is 4. The Balaban J connectivity index is 0.00000200. The topological polar surface area (TPSA) is 19.7 Å². The second kappa shape index (κ2) is 17.1. The van der Waals surface area contributed by atoms with Crippen molar-refractivity contribution in [2.45, 2.75) is 153 Å². The molecule has 4 saturated carbocycles. The van der Waals surface area contributed by atoms with Crippen molar-refractivity contribution in [1.29, 1.82) is 0 Å². The van der Waals surface area contributed by atoms with E-state index in [0.29, 0.717) is 24.2 Å². The van der Waals surface area contributed by atoms with Gasteiger partial charge in [0.15, 0.2) is 0 Å². The summed E-state index contributed by atoms with van der Waals surface area (Å²) in [6.07, 6.45) is 39.8. The molecular formula is C38H54Cl2N4Ru. The molecule has 4 aliphatic rings. The number of halogens is 2. The molecule has 7 heteroatoms. The van der Waals surface area contributed by atoms with Crippen LogP contribution in [-0.4, -0.2) is 22.5 Å². The molecule has 248 valence electrons. The van der Waals surface area contributed by atoms with Gasteiger partial charge in [0.1, 0.15) is 0 Å². The Morgan fingerprint density at radius 3 is 1.09 bits per heavy atom. The van der Waals surface area contributed by atoms with Crippen molar-refractivity contribution < 1.29 is 39.4 Å². The van der Waals surface area contributed by atoms with Crippen molar-refractivity contribution in [3.8, 4) is 0 Å². The summed E-state index contributed by atoms with van der Waals surface area (Å²) < 4.78 is 18.9. The van der Waals surface area contributed by atoms with Crippen LogP contribution in [0.25, 0.3) is 6.08 Å². The third-order valence-electron chi connectivity index (χ3n) is 10.9. The monoisotopic (exact) mass is 738 g/mol. The van der Waals surface area contributed by atoms with Crippen LogP contribution in [0.1, 0.15) is 158 Å². The zero-order valence-electron chi connectivity index (χ0n) is 27.1. The van der Waals surface area contributed by atoms with Crippen LogP contribution < -0.4 is 24.8 Å². The molecule has 4 fully saturated rings. The van der Waals surface area contributed by atoms with Crippen LogP contribution in [0.4, 0.5) is 0 Å². The predicted octanol–water partition coefficient (Wildman–Crippen LogP) is 4.42. The first kappa shape index (κ1) is 34.8.